The van der Waals surface area contributed by atoms with E-state index in [1.54, 1.807) is 30.0 Å². The monoisotopic (exact) mass is 451 g/mol. The topological polar surface area (TPSA) is 111 Å². The first kappa shape index (κ1) is 21.4. The van der Waals surface area contributed by atoms with Crippen LogP contribution in [0.4, 0.5) is 5.69 Å². The summed E-state index contributed by atoms with van der Waals surface area (Å²) in [5, 5.41) is 7.84. The SMILES string of the molecule is COc1ccc(NC(=O)CSc2nc3c(cnn3-c3ccccc3C)c(=O)[nH]2)c(OC)c1. The van der Waals surface area contributed by atoms with E-state index in [1.165, 1.54) is 13.3 Å². The number of fused-ring (bicyclic) bond motifs is 1. The maximum absolute atomic E-state index is 12.5. The molecule has 32 heavy (non-hydrogen) atoms. The summed E-state index contributed by atoms with van der Waals surface area (Å²) in [7, 11) is 3.07. The number of hydrogen-bond acceptors (Lipinski definition) is 7. The molecular formula is C22H21N5O4S. The number of thioether (sulfide) groups is 1. The van der Waals surface area contributed by atoms with E-state index >= 15 is 0 Å². The van der Waals surface area contributed by atoms with Crippen LogP contribution < -0.4 is 20.3 Å². The van der Waals surface area contributed by atoms with Gasteiger partial charge in [-0.05, 0) is 30.7 Å². The van der Waals surface area contributed by atoms with E-state index in [-0.39, 0.29) is 17.2 Å². The molecule has 0 fully saturated rings. The fourth-order valence-corrected chi connectivity index (χ4v) is 3.82. The van der Waals surface area contributed by atoms with Crippen molar-refractivity contribution in [3.63, 3.8) is 0 Å². The second-order valence-corrected chi connectivity index (χ2v) is 7.82. The van der Waals surface area contributed by atoms with Crippen LogP contribution in [0.2, 0.25) is 0 Å². The fourth-order valence-electron chi connectivity index (χ4n) is 3.17. The molecule has 0 radical (unpaired) electrons. The molecule has 2 N–H and O–H groups in total. The van der Waals surface area contributed by atoms with E-state index in [2.05, 4.69) is 20.4 Å². The first-order chi connectivity index (χ1) is 15.5. The molecule has 2 aromatic carbocycles. The summed E-state index contributed by atoms with van der Waals surface area (Å²) in [6, 6.07) is 12.8. The number of aryl methyl sites for hydroxylation is 1. The number of ether oxygens (including phenoxy) is 2. The third-order valence-electron chi connectivity index (χ3n) is 4.78. The first-order valence-electron chi connectivity index (χ1n) is 9.69. The van der Waals surface area contributed by atoms with Gasteiger partial charge in [-0.25, -0.2) is 9.67 Å². The Kier molecular flexibility index (Phi) is 6.13. The molecule has 2 aromatic heterocycles. The largest absolute Gasteiger partial charge is 0.497 e. The maximum Gasteiger partial charge on any atom is 0.262 e. The lowest BCUT2D eigenvalue weighted by molar-refractivity contribution is -0.113. The highest BCUT2D eigenvalue weighted by atomic mass is 32.2. The number of nitrogens with zero attached hydrogens (tertiary/aromatic N) is 3. The van der Waals surface area contributed by atoms with E-state index in [0.29, 0.717) is 33.4 Å². The highest BCUT2D eigenvalue weighted by Gasteiger charge is 2.15. The lowest BCUT2D eigenvalue weighted by atomic mass is 10.2. The summed E-state index contributed by atoms with van der Waals surface area (Å²) in [6.07, 6.45) is 1.49. The molecule has 0 aliphatic rings. The van der Waals surface area contributed by atoms with Gasteiger partial charge < -0.3 is 19.8 Å². The quantitative estimate of drug-likeness (QED) is 0.328. The Balaban J connectivity index is 1.54. The third kappa shape index (κ3) is 4.30. The van der Waals surface area contributed by atoms with Crippen molar-refractivity contribution in [1.82, 2.24) is 19.7 Å². The number of para-hydroxylation sites is 1. The number of amides is 1. The molecule has 0 aliphatic heterocycles. The number of aromatic nitrogens is 4. The van der Waals surface area contributed by atoms with E-state index in [1.807, 2.05) is 31.2 Å². The first-order valence-corrected chi connectivity index (χ1v) is 10.7. The maximum atomic E-state index is 12.5. The third-order valence-corrected chi connectivity index (χ3v) is 5.66. The van der Waals surface area contributed by atoms with Crippen LogP contribution in [0.3, 0.4) is 0 Å². The van der Waals surface area contributed by atoms with Gasteiger partial charge in [-0.3, -0.25) is 9.59 Å². The summed E-state index contributed by atoms with van der Waals surface area (Å²) in [5.74, 6) is 0.878. The van der Waals surface area contributed by atoms with Crippen molar-refractivity contribution in [3.05, 3.63) is 64.6 Å². The molecular weight excluding hydrogens is 430 g/mol. The second kappa shape index (κ2) is 9.15. The number of anilines is 1. The minimum absolute atomic E-state index is 0.0438. The van der Waals surface area contributed by atoms with Crippen molar-refractivity contribution in [2.24, 2.45) is 0 Å². The molecule has 0 atom stereocenters. The van der Waals surface area contributed by atoms with Gasteiger partial charge in [-0.15, -0.1) is 0 Å². The van der Waals surface area contributed by atoms with Gasteiger partial charge in [0.15, 0.2) is 10.8 Å². The molecule has 4 aromatic rings. The average Bonchev–Trinajstić information content (AvgIpc) is 3.22. The predicted octanol–water partition coefficient (Wildman–Crippen LogP) is 3.17. The van der Waals surface area contributed by atoms with Gasteiger partial charge in [-0.2, -0.15) is 5.10 Å². The number of nitrogens with one attached hydrogen (secondary N) is 2. The second-order valence-electron chi connectivity index (χ2n) is 6.85. The molecule has 4 rings (SSSR count). The Morgan fingerprint density at radius 2 is 2.00 bits per heavy atom. The van der Waals surface area contributed by atoms with Gasteiger partial charge in [-0.1, -0.05) is 30.0 Å². The highest BCUT2D eigenvalue weighted by Crippen LogP contribution is 2.29. The molecule has 0 spiro atoms. The fraction of sp³-hybridized carbons (Fsp3) is 0.182. The standard InChI is InChI=1S/C22H21N5O4S/c1-13-6-4-5-7-17(13)27-20-15(11-23-27)21(29)26-22(25-20)32-12-19(28)24-16-9-8-14(30-2)10-18(16)31-3/h4-11H,12H2,1-3H3,(H,24,28)(H,25,26,29). The van der Waals surface area contributed by atoms with Crippen LogP contribution in [0.25, 0.3) is 16.7 Å². The summed E-state index contributed by atoms with van der Waals surface area (Å²) in [4.78, 5) is 32.2. The van der Waals surface area contributed by atoms with Crippen LogP contribution in [0.5, 0.6) is 11.5 Å². The van der Waals surface area contributed by atoms with Crippen molar-refractivity contribution in [2.75, 3.05) is 25.3 Å². The normalized spacial score (nSPS) is 10.8. The zero-order valence-electron chi connectivity index (χ0n) is 17.7. The Morgan fingerprint density at radius 1 is 1.19 bits per heavy atom. The molecule has 0 bridgehead atoms. The summed E-state index contributed by atoms with van der Waals surface area (Å²) in [5.41, 5.74) is 2.48. The zero-order chi connectivity index (χ0) is 22.7. The smallest absolute Gasteiger partial charge is 0.262 e. The van der Waals surface area contributed by atoms with Gasteiger partial charge >= 0.3 is 0 Å². The van der Waals surface area contributed by atoms with Crippen molar-refractivity contribution in [3.8, 4) is 17.2 Å². The lowest BCUT2D eigenvalue weighted by Crippen LogP contribution is -2.16. The van der Waals surface area contributed by atoms with Gasteiger partial charge in [0.2, 0.25) is 5.91 Å². The number of carbonyl (C=O) groups excluding carboxylic acids is 1. The number of benzene rings is 2. The van der Waals surface area contributed by atoms with Gasteiger partial charge in [0, 0.05) is 6.07 Å². The summed E-state index contributed by atoms with van der Waals surface area (Å²) >= 11 is 1.12. The molecule has 9 nitrogen and oxygen atoms in total. The minimum Gasteiger partial charge on any atom is -0.497 e. The number of H-pyrrole nitrogens is 1. The van der Waals surface area contributed by atoms with Crippen LogP contribution in [0, 0.1) is 6.92 Å². The Hall–Kier alpha value is -3.79. The number of aromatic amines is 1. The molecule has 0 aliphatic carbocycles. The minimum atomic E-state index is -0.311. The van der Waals surface area contributed by atoms with E-state index < -0.39 is 0 Å². The van der Waals surface area contributed by atoms with E-state index in [4.69, 9.17) is 9.47 Å². The molecule has 0 saturated carbocycles. The predicted molar refractivity (Wildman–Crippen MR) is 123 cm³/mol. The average molecular weight is 452 g/mol. The molecule has 164 valence electrons. The number of hydrogen-bond donors (Lipinski definition) is 2. The highest BCUT2D eigenvalue weighted by molar-refractivity contribution is 7.99. The number of methoxy groups -OCH3 is 2. The lowest BCUT2D eigenvalue weighted by Gasteiger charge is -2.11. The molecule has 1 amide bonds. The van der Waals surface area contributed by atoms with Crippen molar-refractivity contribution in [1.29, 1.82) is 0 Å². The van der Waals surface area contributed by atoms with Crippen molar-refractivity contribution in [2.45, 2.75) is 12.1 Å². The Morgan fingerprint density at radius 3 is 2.75 bits per heavy atom. The summed E-state index contributed by atoms with van der Waals surface area (Å²) in [6.45, 7) is 1.96. The molecule has 0 saturated heterocycles. The molecule has 10 heteroatoms. The van der Waals surface area contributed by atoms with E-state index in [9.17, 15) is 9.59 Å². The molecule has 0 unspecified atom stereocenters. The van der Waals surface area contributed by atoms with Gasteiger partial charge in [0.1, 0.15) is 16.9 Å². The Bertz CT molecular complexity index is 1350. The summed E-state index contributed by atoms with van der Waals surface area (Å²) < 4.78 is 12.1. The number of carbonyl (C=O) groups is 1. The van der Waals surface area contributed by atoms with Gasteiger partial charge in [0.05, 0.1) is 37.5 Å². The number of rotatable bonds is 7. The van der Waals surface area contributed by atoms with Crippen LogP contribution in [0.1, 0.15) is 5.56 Å². The molecule has 2 heterocycles. The van der Waals surface area contributed by atoms with Crippen LogP contribution in [-0.4, -0.2) is 45.6 Å². The van der Waals surface area contributed by atoms with Crippen molar-refractivity contribution < 1.29 is 14.3 Å². The van der Waals surface area contributed by atoms with Crippen LogP contribution in [-0.2, 0) is 4.79 Å². The van der Waals surface area contributed by atoms with Crippen LogP contribution in [0.15, 0.2) is 58.6 Å². The van der Waals surface area contributed by atoms with E-state index in [0.717, 1.165) is 23.0 Å². The van der Waals surface area contributed by atoms with Crippen molar-refractivity contribution >= 4 is 34.4 Å². The zero-order valence-corrected chi connectivity index (χ0v) is 18.5. The van der Waals surface area contributed by atoms with Gasteiger partial charge in [0.25, 0.3) is 5.56 Å². The van der Waals surface area contributed by atoms with Crippen LogP contribution >= 0.6 is 11.8 Å². The Labute approximate surface area is 187 Å².